The predicted octanol–water partition coefficient (Wildman–Crippen LogP) is 25.2. The van der Waals surface area contributed by atoms with E-state index in [0.717, 1.165) is 16.9 Å². The SMILES string of the molecule is c1ccc(-c2cc(-c3ccccc3)cc(-n3c4ccccc4c4c5sc6c(ccc7oc8ccccc8c76)c5ccc43)c2)cc1.c1ccc(-c2cc(-c3ccccc3)cc(-n3c4ccccc4c4c5sc6c(ccc7sc8ccccc8c76)c5ccc43)c2)cc1. The molecule has 0 fully saturated rings. The van der Waals surface area contributed by atoms with Crippen LogP contribution in [0.4, 0.5) is 0 Å². The molecule has 6 aromatic heterocycles. The van der Waals surface area contributed by atoms with Crippen molar-refractivity contribution in [1.82, 2.24) is 9.13 Å². The molecule has 0 spiro atoms. The molecule has 0 amide bonds. The molecular weight excluding hydrogens is 1150 g/mol. The summed E-state index contributed by atoms with van der Waals surface area (Å²) in [5.74, 6) is 0. The van der Waals surface area contributed by atoms with Gasteiger partial charge in [-0.25, -0.2) is 0 Å². The number of nitrogens with zero attached hydrogens (tertiary/aromatic N) is 2. The molecule has 6 heterocycles. The maximum Gasteiger partial charge on any atom is 0.136 e. The van der Waals surface area contributed by atoms with Crippen molar-refractivity contribution in [3.05, 3.63) is 303 Å². The molecule has 0 aliphatic carbocycles. The summed E-state index contributed by atoms with van der Waals surface area (Å²) < 4.78 is 19.3. The largest absolute Gasteiger partial charge is 0.456 e. The fourth-order valence-corrected chi connectivity index (χ4v) is 18.3. The van der Waals surface area contributed by atoms with Gasteiger partial charge in [-0.05, 0) is 136 Å². The van der Waals surface area contributed by atoms with Crippen LogP contribution in [-0.4, -0.2) is 9.13 Å². The summed E-state index contributed by atoms with van der Waals surface area (Å²) >= 11 is 5.74. The third-order valence-electron chi connectivity index (χ3n) is 18.3. The topological polar surface area (TPSA) is 23.0 Å². The van der Waals surface area contributed by atoms with Crippen molar-refractivity contribution in [2.24, 2.45) is 0 Å². The molecule has 420 valence electrons. The van der Waals surface area contributed by atoms with Crippen LogP contribution in [0.25, 0.3) is 182 Å². The van der Waals surface area contributed by atoms with Gasteiger partial charge in [-0.2, -0.15) is 0 Å². The molecule has 0 atom stereocenters. The Balaban J connectivity index is 0.000000130. The van der Waals surface area contributed by atoms with Gasteiger partial charge in [-0.15, -0.1) is 34.0 Å². The number of furan rings is 1. The first-order valence-corrected chi connectivity index (χ1v) is 33.0. The summed E-state index contributed by atoms with van der Waals surface area (Å²) in [5, 5.41) is 15.6. The van der Waals surface area contributed by atoms with Gasteiger partial charge in [0, 0.05) is 104 Å². The van der Waals surface area contributed by atoms with Crippen molar-refractivity contribution in [3.63, 3.8) is 0 Å². The second-order valence-electron chi connectivity index (χ2n) is 23.4. The van der Waals surface area contributed by atoms with Crippen molar-refractivity contribution in [1.29, 1.82) is 0 Å². The Kier molecular flexibility index (Phi) is 11.6. The second-order valence-corrected chi connectivity index (χ2v) is 26.5. The average Bonchev–Trinajstić information content (AvgIpc) is 1.59. The van der Waals surface area contributed by atoms with Gasteiger partial charge in [-0.1, -0.05) is 212 Å². The van der Waals surface area contributed by atoms with Crippen molar-refractivity contribution in [2.75, 3.05) is 0 Å². The zero-order valence-corrected chi connectivity index (χ0v) is 50.8. The lowest BCUT2D eigenvalue weighted by Gasteiger charge is -2.14. The molecule has 3 nitrogen and oxygen atoms in total. The van der Waals surface area contributed by atoms with Gasteiger partial charge in [0.2, 0.25) is 0 Å². The molecule has 0 aliphatic rings. The predicted molar refractivity (Wildman–Crippen MR) is 389 cm³/mol. The molecule has 20 aromatic rings. The smallest absolute Gasteiger partial charge is 0.136 e. The van der Waals surface area contributed by atoms with Crippen molar-refractivity contribution in [3.8, 4) is 55.9 Å². The number of aromatic nitrogens is 2. The van der Waals surface area contributed by atoms with E-state index in [1.165, 1.54) is 165 Å². The zero-order valence-electron chi connectivity index (χ0n) is 48.4. The summed E-state index contributed by atoms with van der Waals surface area (Å²) in [4.78, 5) is 0. The second kappa shape index (κ2) is 20.4. The molecule has 0 saturated carbocycles. The van der Waals surface area contributed by atoms with Crippen LogP contribution in [0.5, 0.6) is 0 Å². The number of fused-ring (bicyclic) bond motifs is 22. The zero-order chi connectivity index (χ0) is 59.0. The molecule has 0 unspecified atom stereocenters. The number of para-hydroxylation sites is 3. The van der Waals surface area contributed by atoms with E-state index < -0.39 is 0 Å². The Morgan fingerprint density at radius 3 is 1.08 bits per heavy atom. The highest BCUT2D eigenvalue weighted by Gasteiger charge is 2.23. The Morgan fingerprint density at radius 1 is 0.211 bits per heavy atom. The average molecular weight is 1200 g/mol. The maximum atomic E-state index is 6.27. The van der Waals surface area contributed by atoms with Crippen LogP contribution in [0, 0.1) is 0 Å². The fourth-order valence-electron chi connectivity index (χ4n) is 14.3. The number of thiophene rings is 3. The first-order chi connectivity index (χ1) is 44.6. The summed E-state index contributed by atoms with van der Waals surface area (Å²) in [6.07, 6.45) is 0. The molecule has 90 heavy (non-hydrogen) atoms. The molecule has 0 bridgehead atoms. The third-order valence-corrected chi connectivity index (χ3v) is 22.0. The number of rotatable bonds is 6. The van der Waals surface area contributed by atoms with Crippen LogP contribution < -0.4 is 0 Å². The molecule has 0 radical (unpaired) electrons. The number of hydrogen-bond acceptors (Lipinski definition) is 4. The van der Waals surface area contributed by atoms with Crippen LogP contribution in [0.15, 0.2) is 308 Å². The highest BCUT2D eigenvalue weighted by atomic mass is 32.1. The monoisotopic (exact) mass is 1200 g/mol. The van der Waals surface area contributed by atoms with Gasteiger partial charge in [0.15, 0.2) is 0 Å². The van der Waals surface area contributed by atoms with E-state index in [0.29, 0.717) is 0 Å². The van der Waals surface area contributed by atoms with E-state index in [9.17, 15) is 0 Å². The Hall–Kier alpha value is -10.9. The highest BCUT2D eigenvalue weighted by Crippen LogP contribution is 2.50. The van der Waals surface area contributed by atoms with Gasteiger partial charge in [0.25, 0.3) is 0 Å². The molecule has 0 saturated heterocycles. The lowest BCUT2D eigenvalue weighted by Crippen LogP contribution is -1.96. The quantitative estimate of drug-likeness (QED) is 0.163. The van der Waals surface area contributed by atoms with E-state index in [-0.39, 0.29) is 0 Å². The summed E-state index contributed by atoms with van der Waals surface area (Å²) in [6.45, 7) is 0. The Labute approximate surface area is 529 Å². The lowest BCUT2D eigenvalue weighted by atomic mass is 9.98. The van der Waals surface area contributed by atoms with Crippen molar-refractivity contribution < 1.29 is 4.42 Å². The maximum absolute atomic E-state index is 6.27. The fraction of sp³-hybridized carbons (Fsp3) is 0. The van der Waals surface area contributed by atoms with Gasteiger partial charge < -0.3 is 13.6 Å². The van der Waals surface area contributed by atoms with Gasteiger partial charge >= 0.3 is 0 Å². The molecule has 14 aromatic carbocycles. The molecule has 0 aliphatic heterocycles. The minimum atomic E-state index is 0.937. The first kappa shape index (κ1) is 51.2. The van der Waals surface area contributed by atoms with E-state index in [1.54, 1.807) is 0 Å². The third kappa shape index (κ3) is 7.95. The van der Waals surface area contributed by atoms with Crippen LogP contribution in [0.3, 0.4) is 0 Å². The molecule has 20 rings (SSSR count). The van der Waals surface area contributed by atoms with Gasteiger partial charge in [0.1, 0.15) is 11.2 Å². The minimum absolute atomic E-state index is 0.937. The van der Waals surface area contributed by atoms with Gasteiger partial charge in [-0.3, -0.25) is 0 Å². The van der Waals surface area contributed by atoms with Crippen molar-refractivity contribution >= 4 is 160 Å². The highest BCUT2D eigenvalue weighted by molar-refractivity contribution is 7.30. The van der Waals surface area contributed by atoms with E-state index in [2.05, 4.69) is 306 Å². The first-order valence-electron chi connectivity index (χ1n) is 30.5. The lowest BCUT2D eigenvalue weighted by molar-refractivity contribution is 0.669. The Bertz CT molecular complexity index is 5760. The van der Waals surface area contributed by atoms with Crippen LogP contribution in [0.2, 0.25) is 0 Å². The minimum Gasteiger partial charge on any atom is -0.456 e. The molecule has 6 heteroatoms. The summed E-state index contributed by atoms with van der Waals surface area (Å²) in [6, 6.07) is 110. The summed E-state index contributed by atoms with van der Waals surface area (Å²) in [7, 11) is 0. The molecular formula is C84H50N2OS3. The normalized spacial score (nSPS) is 12.0. The standard InChI is InChI=1S/C42H25NOS.C42H25NS2/c2*1-3-11-26(12-4-1)28-23-29(27-13-5-2-6-14-27)25-30(24-28)43-35-17-9-7-15-33(35)39-36(43)21-19-31-32-20-22-38-40(42(32)45-41(31)39)34-16-8-10-18-37(34)44-38/h2*1-25H. The number of hydrogen-bond donors (Lipinski definition) is 0. The van der Waals surface area contributed by atoms with Crippen LogP contribution in [0.1, 0.15) is 0 Å². The van der Waals surface area contributed by atoms with Crippen LogP contribution in [-0.2, 0) is 0 Å². The molecule has 0 N–H and O–H groups in total. The van der Waals surface area contributed by atoms with Crippen molar-refractivity contribution in [2.45, 2.75) is 0 Å². The number of benzene rings is 14. The summed E-state index contributed by atoms with van der Waals surface area (Å²) in [5.41, 5.74) is 18.8. The van der Waals surface area contributed by atoms with Crippen LogP contribution >= 0.6 is 34.0 Å². The van der Waals surface area contributed by atoms with E-state index in [1.807, 2.05) is 40.1 Å². The van der Waals surface area contributed by atoms with Gasteiger partial charge in [0.05, 0.1) is 22.1 Å². The Morgan fingerprint density at radius 2 is 0.589 bits per heavy atom. The van der Waals surface area contributed by atoms with E-state index >= 15 is 0 Å². The van der Waals surface area contributed by atoms with E-state index in [4.69, 9.17) is 4.42 Å².